The van der Waals surface area contributed by atoms with Crippen LogP contribution in [0, 0.1) is 6.92 Å². The van der Waals surface area contributed by atoms with Gasteiger partial charge in [-0.05, 0) is 37.6 Å². The number of hydrogen-bond acceptors (Lipinski definition) is 3. The van der Waals surface area contributed by atoms with Gasteiger partial charge >= 0.3 is 0 Å². The Morgan fingerprint density at radius 2 is 2.21 bits per heavy atom. The molecular formula is C15H22N4. The summed E-state index contributed by atoms with van der Waals surface area (Å²) in [6.45, 7) is 5.32. The number of aryl methyl sites for hydroxylation is 2. The lowest BCUT2D eigenvalue weighted by Gasteiger charge is -2.19. The van der Waals surface area contributed by atoms with Crippen LogP contribution in [0.15, 0.2) is 30.9 Å². The fraction of sp³-hybridized carbons (Fsp3) is 0.467. The summed E-state index contributed by atoms with van der Waals surface area (Å²) in [6.07, 6.45) is 9.74. The molecule has 1 atom stereocenters. The minimum Gasteiger partial charge on any atom is -0.335 e. The van der Waals surface area contributed by atoms with Gasteiger partial charge in [-0.1, -0.05) is 6.92 Å². The van der Waals surface area contributed by atoms with Crippen LogP contribution in [-0.2, 0) is 13.0 Å². The van der Waals surface area contributed by atoms with Crippen molar-refractivity contribution in [3.8, 4) is 0 Å². The topological polar surface area (TPSA) is 42.7 Å². The average Bonchev–Trinajstić information content (AvgIpc) is 2.85. The molecule has 4 heteroatoms. The predicted octanol–water partition coefficient (Wildman–Crippen LogP) is 2.50. The zero-order valence-electron chi connectivity index (χ0n) is 11.9. The zero-order chi connectivity index (χ0) is 13.7. The summed E-state index contributed by atoms with van der Waals surface area (Å²) in [5, 5.41) is 3.39. The van der Waals surface area contributed by atoms with E-state index in [1.165, 1.54) is 11.1 Å². The van der Waals surface area contributed by atoms with Crippen LogP contribution >= 0.6 is 0 Å². The Morgan fingerprint density at radius 3 is 2.89 bits per heavy atom. The Hall–Kier alpha value is -1.68. The van der Waals surface area contributed by atoms with Crippen molar-refractivity contribution in [3.05, 3.63) is 47.8 Å². The van der Waals surface area contributed by atoms with Crippen LogP contribution in [0.25, 0.3) is 0 Å². The van der Waals surface area contributed by atoms with E-state index in [1.54, 1.807) is 0 Å². The van der Waals surface area contributed by atoms with E-state index < -0.39 is 0 Å². The van der Waals surface area contributed by atoms with E-state index in [1.807, 2.05) is 25.6 Å². The molecule has 19 heavy (non-hydrogen) atoms. The first-order chi connectivity index (χ1) is 9.26. The summed E-state index contributed by atoms with van der Waals surface area (Å²) in [5.41, 5.74) is 2.51. The van der Waals surface area contributed by atoms with Crippen molar-refractivity contribution in [3.63, 3.8) is 0 Å². The number of hydrogen-bond donors (Lipinski definition) is 1. The maximum Gasteiger partial charge on any atom is 0.110 e. The van der Waals surface area contributed by atoms with Gasteiger partial charge in [-0.15, -0.1) is 0 Å². The molecular weight excluding hydrogens is 236 g/mol. The van der Waals surface area contributed by atoms with Crippen LogP contribution in [0.2, 0.25) is 0 Å². The smallest absolute Gasteiger partial charge is 0.110 e. The van der Waals surface area contributed by atoms with Crippen molar-refractivity contribution in [1.82, 2.24) is 19.9 Å². The molecule has 0 saturated heterocycles. The minimum atomic E-state index is 0.279. The summed E-state index contributed by atoms with van der Waals surface area (Å²) in [4.78, 5) is 8.64. The van der Waals surface area contributed by atoms with Gasteiger partial charge in [-0.2, -0.15) is 0 Å². The molecule has 0 bridgehead atoms. The first-order valence-corrected chi connectivity index (χ1v) is 6.84. The van der Waals surface area contributed by atoms with Crippen LogP contribution in [0.3, 0.4) is 0 Å². The standard InChI is InChI=1S/C15H22N4/c1-4-8-19-9-7-18-15(19)10-14(16-3)13-5-6-17-11-12(13)2/h5-7,9,11,14,16H,4,8,10H2,1-3H3. The lowest BCUT2D eigenvalue weighted by Crippen LogP contribution is -2.21. The first-order valence-electron chi connectivity index (χ1n) is 6.84. The number of likely N-dealkylation sites (N-methyl/N-ethyl adjacent to an activating group) is 1. The molecule has 2 rings (SSSR count). The third-order valence-electron chi connectivity index (χ3n) is 3.44. The Kier molecular flexibility index (Phi) is 4.68. The molecule has 0 aliphatic rings. The molecule has 0 aliphatic heterocycles. The van der Waals surface area contributed by atoms with Gasteiger partial charge < -0.3 is 9.88 Å². The maximum absolute atomic E-state index is 4.49. The monoisotopic (exact) mass is 258 g/mol. The Bertz CT molecular complexity index is 518. The molecule has 102 valence electrons. The summed E-state index contributed by atoms with van der Waals surface area (Å²) < 4.78 is 2.24. The molecule has 2 aromatic heterocycles. The van der Waals surface area contributed by atoms with Crippen molar-refractivity contribution in [1.29, 1.82) is 0 Å². The van der Waals surface area contributed by atoms with Crippen molar-refractivity contribution < 1.29 is 0 Å². The molecule has 4 nitrogen and oxygen atoms in total. The van der Waals surface area contributed by atoms with E-state index >= 15 is 0 Å². The summed E-state index contributed by atoms with van der Waals surface area (Å²) >= 11 is 0. The van der Waals surface area contributed by atoms with Crippen molar-refractivity contribution in [2.45, 2.75) is 39.3 Å². The SMILES string of the molecule is CCCn1ccnc1CC(NC)c1ccncc1C. The number of nitrogens with zero attached hydrogens (tertiary/aromatic N) is 3. The molecule has 2 aromatic rings. The second kappa shape index (κ2) is 6.48. The van der Waals surface area contributed by atoms with E-state index in [4.69, 9.17) is 0 Å². The summed E-state index contributed by atoms with van der Waals surface area (Å²) in [6, 6.07) is 2.37. The van der Waals surface area contributed by atoms with Crippen LogP contribution < -0.4 is 5.32 Å². The fourth-order valence-corrected chi connectivity index (χ4v) is 2.40. The molecule has 0 aromatic carbocycles. The normalized spacial score (nSPS) is 12.6. The quantitative estimate of drug-likeness (QED) is 0.865. The van der Waals surface area contributed by atoms with Gasteiger partial charge in [0, 0.05) is 43.8 Å². The van der Waals surface area contributed by atoms with Gasteiger partial charge in [-0.25, -0.2) is 4.98 Å². The lowest BCUT2D eigenvalue weighted by atomic mass is 10.0. The highest BCUT2D eigenvalue weighted by molar-refractivity contribution is 5.26. The van der Waals surface area contributed by atoms with E-state index in [-0.39, 0.29) is 6.04 Å². The molecule has 0 spiro atoms. The van der Waals surface area contributed by atoms with Crippen LogP contribution in [-0.4, -0.2) is 21.6 Å². The molecule has 0 aliphatic carbocycles. The second-order valence-electron chi connectivity index (χ2n) is 4.81. The second-order valence-corrected chi connectivity index (χ2v) is 4.81. The Labute approximate surface area is 114 Å². The summed E-state index contributed by atoms with van der Waals surface area (Å²) in [5.74, 6) is 1.14. The molecule has 1 unspecified atom stereocenters. The van der Waals surface area contributed by atoms with E-state index in [0.29, 0.717) is 0 Å². The number of imidazole rings is 1. The third-order valence-corrected chi connectivity index (χ3v) is 3.44. The van der Waals surface area contributed by atoms with E-state index in [9.17, 15) is 0 Å². The third kappa shape index (κ3) is 3.20. The minimum absolute atomic E-state index is 0.279. The molecule has 1 N–H and O–H groups in total. The van der Waals surface area contributed by atoms with Gasteiger partial charge in [0.2, 0.25) is 0 Å². The fourth-order valence-electron chi connectivity index (χ4n) is 2.40. The molecule has 0 fully saturated rings. The van der Waals surface area contributed by atoms with Crippen molar-refractivity contribution in [2.24, 2.45) is 0 Å². The highest BCUT2D eigenvalue weighted by atomic mass is 15.1. The largest absolute Gasteiger partial charge is 0.335 e. The van der Waals surface area contributed by atoms with Crippen LogP contribution in [0.5, 0.6) is 0 Å². The molecule has 0 saturated carbocycles. The lowest BCUT2D eigenvalue weighted by molar-refractivity contribution is 0.541. The van der Waals surface area contributed by atoms with Crippen molar-refractivity contribution in [2.75, 3.05) is 7.05 Å². The maximum atomic E-state index is 4.49. The molecule has 0 amide bonds. The van der Waals surface area contributed by atoms with Gasteiger partial charge in [0.25, 0.3) is 0 Å². The molecule has 0 radical (unpaired) electrons. The average molecular weight is 258 g/mol. The van der Waals surface area contributed by atoms with Crippen LogP contribution in [0.4, 0.5) is 0 Å². The predicted molar refractivity (Wildman–Crippen MR) is 77.0 cm³/mol. The van der Waals surface area contributed by atoms with Crippen LogP contribution in [0.1, 0.15) is 36.3 Å². The summed E-state index contributed by atoms with van der Waals surface area (Å²) in [7, 11) is 2.00. The van der Waals surface area contributed by atoms with Gasteiger partial charge in [-0.3, -0.25) is 4.98 Å². The number of rotatable bonds is 6. The number of aromatic nitrogens is 3. The van der Waals surface area contributed by atoms with Gasteiger partial charge in [0.15, 0.2) is 0 Å². The molecule has 2 heterocycles. The zero-order valence-corrected chi connectivity index (χ0v) is 11.9. The number of nitrogens with one attached hydrogen (secondary N) is 1. The Morgan fingerprint density at radius 1 is 1.37 bits per heavy atom. The van der Waals surface area contributed by atoms with Gasteiger partial charge in [0.05, 0.1) is 0 Å². The first kappa shape index (κ1) is 13.7. The highest BCUT2D eigenvalue weighted by Crippen LogP contribution is 2.20. The highest BCUT2D eigenvalue weighted by Gasteiger charge is 2.15. The van der Waals surface area contributed by atoms with E-state index in [0.717, 1.165) is 25.2 Å². The number of pyridine rings is 1. The van der Waals surface area contributed by atoms with Crippen molar-refractivity contribution >= 4 is 0 Å². The Balaban J connectivity index is 2.19. The van der Waals surface area contributed by atoms with E-state index in [2.05, 4.69) is 46.0 Å². The van der Waals surface area contributed by atoms with Gasteiger partial charge in [0.1, 0.15) is 5.82 Å².